The summed E-state index contributed by atoms with van der Waals surface area (Å²) in [5.41, 5.74) is 1.64. The number of hydrogen-bond donors (Lipinski definition) is 3. The maximum absolute atomic E-state index is 11.9. The molecule has 0 atom stereocenters. The first-order valence-corrected chi connectivity index (χ1v) is 7.38. The molecule has 2 aromatic carbocycles. The van der Waals surface area contributed by atoms with Crippen LogP contribution in [0.3, 0.4) is 0 Å². The van der Waals surface area contributed by atoms with Crippen molar-refractivity contribution >= 4 is 28.6 Å². The van der Waals surface area contributed by atoms with Crippen molar-refractivity contribution in [3.05, 3.63) is 58.5 Å². The second-order valence-corrected chi connectivity index (χ2v) is 5.20. The molecule has 0 bridgehead atoms. The van der Waals surface area contributed by atoms with E-state index in [0.29, 0.717) is 28.0 Å². The Labute approximate surface area is 141 Å². The Hall–Kier alpha value is -3.55. The lowest BCUT2D eigenvalue weighted by Crippen LogP contribution is -2.20. The van der Waals surface area contributed by atoms with Gasteiger partial charge in [0.2, 0.25) is 0 Å². The van der Waals surface area contributed by atoms with Gasteiger partial charge in [-0.05, 0) is 36.4 Å². The maximum atomic E-state index is 11.9. The predicted octanol–water partition coefficient (Wildman–Crippen LogP) is 1.66. The van der Waals surface area contributed by atoms with E-state index in [0.717, 1.165) is 0 Å². The largest absolute Gasteiger partial charge is 0.497 e. The highest BCUT2D eigenvalue weighted by molar-refractivity contribution is 5.96. The minimum absolute atomic E-state index is 0.290. The molecule has 8 heteroatoms. The summed E-state index contributed by atoms with van der Waals surface area (Å²) in [6.45, 7) is -0.433. The van der Waals surface area contributed by atoms with E-state index in [1.54, 1.807) is 36.4 Å². The van der Waals surface area contributed by atoms with Gasteiger partial charge >= 0.3 is 11.7 Å². The number of aromatic amines is 2. The van der Waals surface area contributed by atoms with Crippen molar-refractivity contribution in [2.75, 3.05) is 19.0 Å². The topological polar surface area (TPSA) is 113 Å². The fraction of sp³-hybridized carbons (Fsp3) is 0.118. The summed E-state index contributed by atoms with van der Waals surface area (Å²) in [5, 5.41) is 2.60. The van der Waals surface area contributed by atoms with E-state index >= 15 is 0 Å². The number of methoxy groups -OCH3 is 1. The number of carbonyl (C=O) groups excluding carboxylic acids is 2. The van der Waals surface area contributed by atoms with Crippen LogP contribution in [0, 0.1) is 0 Å². The van der Waals surface area contributed by atoms with Crippen LogP contribution in [0.5, 0.6) is 5.75 Å². The van der Waals surface area contributed by atoms with Gasteiger partial charge in [0, 0.05) is 5.69 Å². The number of imidazole rings is 1. The van der Waals surface area contributed by atoms with E-state index in [2.05, 4.69) is 15.3 Å². The van der Waals surface area contributed by atoms with Crippen molar-refractivity contribution < 1.29 is 19.1 Å². The Balaban J connectivity index is 1.59. The van der Waals surface area contributed by atoms with Crippen molar-refractivity contribution in [3.8, 4) is 5.75 Å². The summed E-state index contributed by atoms with van der Waals surface area (Å²) in [6, 6.07) is 11.3. The zero-order valence-electron chi connectivity index (χ0n) is 13.3. The van der Waals surface area contributed by atoms with Gasteiger partial charge in [0.05, 0.1) is 23.7 Å². The molecule has 0 saturated carbocycles. The normalized spacial score (nSPS) is 10.4. The van der Waals surface area contributed by atoms with E-state index in [4.69, 9.17) is 9.47 Å². The number of nitrogens with one attached hydrogen (secondary N) is 3. The van der Waals surface area contributed by atoms with Gasteiger partial charge in [-0.15, -0.1) is 0 Å². The van der Waals surface area contributed by atoms with Gasteiger partial charge in [-0.25, -0.2) is 9.59 Å². The predicted molar refractivity (Wildman–Crippen MR) is 90.8 cm³/mol. The van der Waals surface area contributed by atoms with Gasteiger partial charge < -0.3 is 24.8 Å². The van der Waals surface area contributed by atoms with Gasteiger partial charge in [0.25, 0.3) is 5.91 Å². The van der Waals surface area contributed by atoms with Gasteiger partial charge in [0.15, 0.2) is 6.61 Å². The highest BCUT2D eigenvalue weighted by atomic mass is 16.5. The lowest BCUT2D eigenvalue weighted by atomic mass is 10.2. The zero-order chi connectivity index (χ0) is 17.8. The smallest absolute Gasteiger partial charge is 0.338 e. The van der Waals surface area contributed by atoms with Crippen molar-refractivity contribution in [2.24, 2.45) is 0 Å². The van der Waals surface area contributed by atoms with Crippen LogP contribution in [0.25, 0.3) is 11.0 Å². The molecule has 0 spiro atoms. The molecule has 8 nitrogen and oxygen atoms in total. The first kappa shape index (κ1) is 16.3. The minimum atomic E-state index is -0.625. The molecule has 3 aromatic rings. The van der Waals surface area contributed by atoms with Crippen LogP contribution in [-0.2, 0) is 9.53 Å². The zero-order valence-corrected chi connectivity index (χ0v) is 13.3. The van der Waals surface area contributed by atoms with Crippen LogP contribution in [0.4, 0.5) is 5.69 Å². The average Bonchev–Trinajstić information content (AvgIpc) is 2.99. The number of anilines is 1. The number of amides is 1. The molecule has 1 aromatic heterocycles. The first-order chi connectivity index (χ1) is 12.0. The van der Waals surface area contributed by atoms with Crippen molar-refractivity contribution in [3.63, 3.8) is 0 Å². The Kier molecular flexibility index (Phi) is 4.51. The first-order valence-electron chi connectivity index (χ1n) is 7.38. The van der Waals surface area contributed by atoms with Gasteiger partial charge in [-0.1, -0.05) is 6.07 Å². The number of H-pyrrole nitrogens is 2. The number of aromatic nitrogens is 2. The molecule has 3 rings (SSSR count). The van der Waals surface area contributed by atoms with Crippen LogP contribution < -0.4 is 15.7 Å². The van der Waals surface area contributed by atoms with Crippen molar-refractivity contribution in [1.82, 2.24) is 9.97 Å². The van der Waals surface area contributed by atoms with Gasteiger partial charge in [0.1, 0.15) is 5.75 Å². The average molecular weight is 341 g/mol. The summed E-state index contributed by atoms with van der Waals surface area (Å²) in [7, 11) is 1.49. The molecule has 1 amide bonds. The molecule has 0 radical (unpaired) electrons. The number of esters is 1. The lowest BCUT2D eigenvalue weighted by Gasteiger charge is -2.07. The minimum Gasteiger partial charge on any atom is -0.497 e. The molecule has 128 valence electrons. The molecule has 0 unspecified atom stereocenters. The molecule has 0 saturated heterocycles. The van der Waals surface area contributed by atoms with Crippen LogP contribution in [0.1, 0.15) is 10.4 Å². The summed E-state index contributed by atoms with van der Waals surface area (Å²) in [4.78, 5) is 40.3. The van der Waals surface area contributed by atoms with Crippen molar-refractivity contribution in [2.45, 2.75) is 0 Å². The fourth-order valence-electron chi connectivity index (χ4n) is 2.27. The Bertz CT molecular complexity index is 989. The maximum Gasteiger partial charge on any atom is 0.338 e. The Morgan fingerprint density at radius 1 is 1.08 bits per heavy atom. The molecule has 3 N–H and O–H groups in total. The number of benzene rings is 2. The highest BCUT2D eigenvalue weighted by Gasteiger charge is 2.11. The molecule has 0 aliphatic carbocycles. The summed E-state index contributed by atoms with van der Waals surface area (Å²) in [6.07, 6.45) is 0. The Morgan fingerprint density at radius 2 is 1.88 bits per heavy atom. The molecule has 0 fully saturated rings. The van der Waals surface area contributed by atoms with Crippen LogP contribution in [0.15, 0.2) is 47.3 Å². The highest BCUT2D eigenvalue weighted by Crippen LogP contribution is 2.15. The lowest BCUT2D eigenvalue weighted by molar-refractivity contribution is -0.119. The van der Waals surface area contributed by atoms with E-state index in [1.165, 1.54) is 13.2 Å². The van der Waals surface area contributed by atoms with E-state index in [9.17, 15) is 14.4 Å². The van der Waals surface area contributed by atoms with Crippen molar-refractivity contribution in [1.29, 1.82) is 0 Å². The third-order valence-electron chi connectivity index (χ3n) is 3.44. The molecule has 0 aliphatic rings. The molecule has 0 aliphatic heterocycles. The number of ether oxygens (including phenoxy) is 2. The molecule has 25 heavy (non-hydrogen) atoms. The van der Waals surface area contributed by atoms with Gasteiger partial charge in [-0.3, -0.25) is 4.79 Å². The summed E-state index contributed by atoms with van der Waals surface area (Å²) in [5.74, 6) is -0.597. The van der Waals surface area contributed by atoms with E-state index < -0.39 is 18.5 Å². The fourth-order valence-corrected chi connectivity index (χ4v) is 2.27. The Morgan fingerprint density at radius 3 is 2.68 bits per heavy atom. The van der Waals surface area contributed by atoms with E-state index in [-0.39, 0.29) is 5.69 Å². The van der Waals surface area contributed by atoms with Crippen LogP contribution >= 0.6 is 0 Å². The number of rotatable bonds is 5. The third kappa shape index (κ3) is 3.86. The van der Waals surface area contributed by atoms with Gasteiger partial charge in [-0.2, -0.15) is 0 Å². The van der Waals surface area contributed by atoms with E-state index in [1.807, 2.05) is 0 Å². The van der Waals surface area contributed by atoms with Crippen LogP contribution in [-0.4, -0.2) is 35.6 Å². The monoisotopic (exact) mass is 341 g/mol. The SMILES string of the molecule is COc1cccc(C(=O)OCC(=O)Nc2ccc3[nH]c(=O)[nH]c3c2)c1. The quantitative estimate of drug-likeness (QED) is 0.611. The summed E-state index contributed by atoms with van der Waals surface area (Å²) >= 11 is 0. The molecule has 1 heterocycles. The number of fused-ring (bicyclic) bond motifs is 1. The van der Waals surface area contributed by atoms with Crippen LogP contribution in [0.2, 0.25) is 0 Å². The second-order valence-electron chi connectivity index (χ2n) is 5.20. The standard InChI is InChI=1S/C17H15N3O5/c1-24-12-4-2-3-10(7-12)16(22)25-9-15(21)18-11-5-6-13-14(8-11)20-17(23)19-13/h2-8H,9H2,1H3,(H,18,21)(H2,19,20,23). The number of carbonyl (C=O) groups is 2. The molecular formula is C17H15N3O5. The third-order valence-corrected chi connectivity index (χ3v) is 3.44. The summed E-state index contributed by atoms with van der Waals surface area (Å²) < 4.78 is 10.0. The second kappa shape index (κ2) is 6.91. The molecular weight excluding hydrogens is 326 g/mol. The number of hydrogen-bond acceptors (Lipinski definition) is 5.